The van der Waals surface area contributed by atoms with Crippen molar-refractivity contribution in [3.05, 3.63) is 28.2 Å². The SMILES string of the molecule is Cc1noc(C)c1CN1CCC(=C2CC2)CC1. The number of piperidine rings is 1. The quantitative estimate of drug-likeness (QED) is 0.734. The Hall–Kier alpha value is -1.09. The molecule has 0 radical (unpaired) electrons. The number of aromatic nitrogens is 1. The molecule has 1 aliphatic carbocycles. The molecular formula is C14H20N2O. The summed E-state index contributed by atoms with van der Waals surface area (Å²) in [6.07, 6.45) is 5.30. The molecule has 0 atom stereocenters. The van der Waals surface area contributed by atoms with Crippen LogP contribution in [0.15, 0.2) is 15.7 Å². The summed E-state index contributed by atoms with van der Waals surface area (Å²) in [6, 6.07) is 0. The van der Waals surface area contributed by atoms with Crippen molar-refractivity contribution in [2.45, 2.75) is 46.1 Å². The Morgan fingerprint density at radius 1 is 1.06 bits per heavy atom. The predicted molar refractivity (Wildman–Crippen MR) is 66.7 cm³/mol. The van der Waals surface area contributed by atoms with Crippen LogP contribution in [0.2, 0.25) is 0 Å². The van der Waals surface area contributed by atoms with Crippen LogP contribution in [0.3, 0.4) is 0 Å². The molecule has 92 valence electrons. The second-order valence-electron chi connectivity index (χ2n) is 5.29. The first-order valence-corrected chi connectivity index (χ1v) is 6.58. The first-order valence-electron chi connectivity index (χ1n) is 6.58. The lowest BCUT2D eigenvalue weighted by Gasteiger charge is -2.28. The fraction of sp³-hybridized carbons (Fsp3) is 0.643. The molecule has 0 bridgehead atoms. The first kappa shape index (κ1) is 11.0. The predicted octanol–water partition coefficient (Wildman–Crippen LogP) is 2.98. The number of nitrogens with zero attached hydrogens (tertiary/aromatic N) is 2. The highest BCUT2D eigenvalue weighted by Crippen LogP contribution is 2.36. The standard InChI is InChI=1S/C14H20N2O/c1-10-14(11(2)17-15-10)9-16-7-5-13(6-8-16)12-3-4-12/h3-9H2,1-2H3. The zero-order valence-corrected chi connectivity index (χ0v) is 10.8. The van der Waals surface area contributed by atoms with E-state index in [0.717, 1.165) is 18.0 Å². The number of hydrogen-bond donors (Lipinski definition) is 0. The molecule has 1 saturated heterocycles. The first-order chi connectivity index (χ1) is 8.24. The fourth-order valence-corrected chi connectivity index (χ4v) is 2.70. The van der Waals surface area contributed by atoms with Gasteiger partial charge >= 0.3 is 0 Å². The Bertz CT molecular complexity index is 423. The van der Waals surface area contributed by atoms with E-state index in [0.29, 0.717) is 0 Å². The summed E-state index contributed by atoms with van der Waals surface area (Å²) in [5.74, 6) is 0.980. The molecule has 2 aliphatic rings. The van der Waals surface area contributed by atoms with Gasteiger partial charge in [-0.25, -0.2) is 0 Å². The van der Waals surface area contributed by atoms with E-state index < -0.39 is 0 Å². The van der Waals surface area contributed by atoms with Crippen LogP contribution in [0.5, 0.6) is 0 Å². The van der Waals surface area contributed by atoms with Gasteiger partial charge in [-0.15, -0.1) is 0 Å². The summed E-state index contributed by atoms with van der Waals surface area (Å²) >= 11 is 0. The van der Waals surface area contributed by atoms with E-state index in [1.54, 1.807) is 11.1 Å². The van der Waals surface area contributed by atoms with E-state index >= 15 is 0 Å². The minimum Gasteiger partial charge on any atom is -0.361 e. The van der Waals surface area contributed by atoms with Gasteiger partial charge in [-0.2, -0.15) is 0 Å². The monoisotopic (exact) mass is 232 g/mol. The van der Waals surface area contributed by atoms with Gasteiger partial charge in [0.2, 0.25) is 0 Å². The normalized spacial score (nSPS) is 21.1. The molecule has 3 nitrogen and oxygen atoms in total. The van der Waals surface area contributed by atoms with Crippen LogP contribution >= 0.6 is 0 Å². The summed E-state index contributed by atoms with van der Waals surface area (Å²) in [7, 11) is 0. The molecule has 1 aliphatic heterocycles. The summed E-state index contributed by atoms with van der Waals surface area (Å²) in [6.45, 7) is 7.44. The summed E-state index contributed by atoms with van der Waals surface area (Å²) in [5.41, 5.74) is 5.84. The summed E-state index contributed by atoms with van der Waals surface area (Å²) in [4.78, 5) is 2.53. The smallest absolute Gasteiger partial charge is 0.138 e. The van der Waals surface area contributed by atoms with Crippen molar-refractivity contribution >= 4 is 0 Å². The van der Waals surface area contributed by atoms with Gasteiger partial charge in [-0.05, 0) is 39.5 Å². The maximum atomic E-state index is 5.22. The lowest BCUT2D eigenvalue weighted by molar-refractivity contribution is 0.246. The average Bonchev–Trinajstić information content (AvgIpc) is 3.13. The fourth-order valence-electron chi connectivity index (χ4n) is 2.70. The number of aryl methyl sites for hydroxylation is 2. The zero-order valence-electron chi connectivity index (χ0n) is 10.8. The third-order valence-corrected chi connectivity index (χ3v) is 4.02. The Morgan fingerprint density at radius 2 is 1.71 bits per heavy atom. The molecule has 1 aromatic rings. The highest BCUT2D eigenvalue weighted by atomic mass is 16.5. The molecule has 1 aromatic heterocycles. The van der Waals surface area contributed by atoms with E-state index in [-0.39, 0.29) is 0 Å². The van der Waals surface area contributed by atoms with E-state index in [4.69, 9.17) is 4.52 Å². The Labute approximate surface area is 102 Å². The van der Waals surface area contributed by atoms with Crippen LogP contribution in [0.25, 0.3) is 0 Å². The van der Waals surface area contributed by atoms with Crippen LogP contribution < -0.4 is 0 Å². The van der Waals surface area contributed by atoms with Crippen LogP contribution in [0.1, 0.15) is 42.7 Å². The highest BCUT2D eigenvalue weighted by molar-refractivity contribution is 5.27. The lowest BCUT2D eigenvalue weighted by atomic mass is 10.0. The van der Waals surface area contributed by atoms with Crippen LogP contribution in [0.4, 0.5) is 0 Å². The van der Waals surface area contributed by atoms with E-state index in [2.05, 4.69) is 10.1 Å². The van der Waals surface area contributed by atoms with E-state index in [1.807, 2.05) is 13.8 Å². The number of likely N-dealkylation sites (tertiary alicyclic amines) is 1. The minimum absolute atomic E-state index is 0.980. The molecule has 0 amide bonds. The maximum absolute atomic E-state index is 5.22. The summed E-state index contributed by atoms with van der Waals surface area (Å²) < 4.78 is 5.22. The van der Waals surface area contributed by atoms with Crippen LogP contribution in [0, 0.1) is 13.8 Å². The van der Waals surface area contributed by atoms with Crippen LogP contribution in [-0.4, -0.2) is 23.1 Å². The molecular weight excluding hydrogens is 212 g/mol. The van der Waals surface area contributed by atoms with Gasteiger partial charge in [0.1, 0.15) is 5.76 Å². The van der Waals surface area contributed by atoms with Gasteiger partial charge in [0, 0.05) is 25.2 Å². The highest BCUT2D eigenvalue weighted by Gasteiger charge is 2.23. The second kappa shape index (κ2) is 4.30. The molecule has 0 spiro atoms. The van der Waals surface area contributed by atoms with Gasteiger partial charge in [0.25, 0.3) is 0 Å². The van der Waals surface area contributed by atoms with E-state index in [9.17, 15) is 0 Å². The molecule has 0 unspecified atom stereocenters. The molecule has 17 heavy (non-hydrogen) atoms. The molecule has 1 saturated carbocycles. The van der Waals surface area contributed by atoms with E-state index in [1.165, 1.54) is 44.3 Å². The average molecular weight is 232 g/mol. The van der Waals surface area contributed by atoms with Crippen LogP contribution in [-0.2, 0) is 6.54 Å². The number of allylic oxidation sites excluding steroid dienone is 1. The number of hydrogen-bond acceptors (Lipinski definition) is 3. The molecule has 0 aromatic carbocycles. The Kier molecular flexibility index (Phi) is 2.79. The third-order valence-electron chi connectivity index (χ3n) is 4.02. The van der Waals surface area contributed by atoms with Crippen molar-refractivity contribution in [2.24, 2.45) is 0 Å². The second-order valence-corrected chi connectivity index (χ2v) is 5.29. The van der Waals surface area contributed by atoms with Gasteiger partial charge in [0.15, 0.2) is 0 Å². The molecule has 3 heteroatoms. The molecule has 2 heterocycles. The Balaban J connectivity index is 1.62. The molecule has 3 rings (SSSR count). The van der Waals surface area contributed by atoms with Crippen molar-refractivity contribution < 1.29 is 4.52 Å². The Morgan fingerprint density at radius 3 is 2.24 bits per heavy atom. The van der Waals surface area contributed by atoms with Gasteiger partial charge in [-0.3, -0.25) is 4.90 Å². The van der Waals surface area contributed by atoms with Crippen molar-refractivity contribution in [2.75, 3.05) is 13.1 Å². The van der Waals surface area contributed by atoms with Gasteiger partial charge in [-0.1, -0.05) is 16.3 Å². The number of rotatable bonds is 2. The molecule has 0 N–H and O–H groups in total. The zero-order chi connectivity index (χ0) is 11.8. The lowest BCUT2D eigenvalue weighted by Crippen LogP contribution is -2.30. The van der Waals surface area contributed by atoms with Crippen molar-refractivity contribution in [3.63, 3.8) is 0 Å². The largest absolute Gasteiger partial charge is 0.361 e. The van der Waals surface area contributed by atoms with Crippen molar-refractivity contribution in [1.29, 1.82) is 0 Å². The van der Waals surface area contributed by atoms with Crippen molar-refractivity contribution in [1.82, 2.24) is 10.1 Å². The summed E-state index contributed by atoms with van der Waals surface area (Å²) in [5, 5.41) is 4.02. The maximum Gasteiger partial charge on any atom is 0.138 e. The third kappa shape index (κ3) is 2.29. The topological polar surface area (TPSA) is 29.3 Å². The van der Waals surface area contributed by atoms with Crippen molar-refractivity contribution in [3.8, 4) is 0 Å². The molecule has 2 fully saturated rings. The minimum atomic E-state index is 0.980. The van der Waals surface area contributed by atoms with Gasteiger partial charge < -0.3 is 4.52 Å². The van der Waals surface area contributed by atoms with Gasteiger partial charge in [0.05, 0.1) is 5.69 Å².